The Morgan fingerprint density at radius 1 is 1.09 bits per heavy atom. The summed E-state index contributed by atoms with van der Waals surface area (Å²) in [6.45, 7) is 4.67. The Labute approximate surface area is 203 Å². The van der Waals surface area contributed by atoms with Crippen LogP contribution in [0.2, 0.25) is 0 Å². The number of hydrogen-bond acceptors (Lipinski definition) is 6. The Morgan fingerprint density at radius 2 is 1.82 bits per heavy atom. The lowest BCUT2D eigenvalue weighted by molar-refractivity contribution is -0.112. The average molecular weight is 475 g/mol. The quantitative estimate of drug-likeness (QED) is 0.161. The van der Waals surface area contributed by atoms with Gasteiger partial charge < -0.3 is 14.8 Å². The first-order chi connectivity index (χ1) is 16.6. The van der Waals surface area contributed by atoms with Crippen molar-refractivity contribution in [1.29, 1.82) is 5.26 Å². The van der Waals surface area contributed by atoms with Crippen LogP contribution in [-0.4, -0.2) is 25.1 Å². The molecule has 0 aliphatic carbocycles. The summed E-state index contributed by atoms with van der Waals surface area (Å²) in [5.41, 5.74) is 2.39. The minimum atomic E-state index is -0.599. The zero-order valence-corrected chi connectivity index (χ0v) is 20.0. The molecule has 0 bridgehead atoms. The van der Waals surface area contributed by atoms with E-state index in [1.165, 1.54) is 17.4 Å². The average Bonchev–Trinajstić information content (AvgIpc) is 3.27. The Kier molecular flexibility index (Phi) is 9.01. The molecule has 0 radical (unpaired) electrons. The van der Waals surface area contributed by atoms with Gasteiger partial charge in [-0.3, -0.25) is 4.79 Å². The van der Waals surface area contributed by atoms with Crippen molar-refractivity contribution in [3.8, 4) is 22.9 Å². The van der Waals surface area contributed by atoms with E-state index in [-0.39, 0.29) is 17.7 Å². The van der Waals surface area contributed by atoms with E-state index in [2.05, 4.69) is 12.2 Å². The maximum absolute atomic E-state index is 12.9. The summed E-state index contributed by atoms with van der Waals surface area (Å²) in [6.07, 6.45) is 3.53. The molecule has 0 aliphatic rings. The van der Waals surface area contributed by atoms with Gasteiger partial charge in [-0.15, -0.1) is 11.3 Å². The monoisotopic (exact) mass is 474 g/mol. The predicted octanol–water partition coefficient (Wildman–Crippen LogP) is 6.32. The molecule has 0 unspecified atom stereocenters. The van der Waals surface area contributed by atoms with E-state index in [1.54, 1.807) is 36.6 Å². The molecule has 0 saturated carbocycles. The highest BCUT2D eigenvalue weighted by Gasteiger charge is 2.23. The van der Waals surface area contributed by atoms with Crippen LogP contribution in [0.5, 0.6) is 5.75 Å². The van der Waals surface area contributed by atoms with Crippen molar-refractivity contribution in [2.45, 2.75) is 26.7 Å². The van der Waals surface area contributed by atoms with Gasteiger partial charge in [0.15, 0.2) is 0 Å². The van der Waals surface area contributed by atoms with Gasteiger partial charge in [-0.05, 0) is 42.7 Å². The molecule has 1 amide bonds. The van der Waals surface area contributed by atoms with Crippen molar-refractivity contribution in [2.24, 2.45) is 0 Å². The van der Waals surface area contributed by atoms with Crippen molar-refractivity contribution >= 4 is 34.3 Å². The third-order valence-corrected chi connectivity index (χ3v) is 5.80. The first kappa shape index (κ1) is 24.7. The van der Waals surface area contributed by atoms with Crippen molar-refractivity contribution in [3.05, 3.63) is 76.7 Å². The maximum Gasteiger partial charge on any atom is 0.341 e. The summed E-state index contributed by atoms with van der Waals surface area (Å²) >= 11 is 1.21. The number of benzene rings is 2. The van der Waals surface area contributed by atoms with E-state index >= 15 is 0 Å². The number of anilines is 1. The maximum atomic E-state index is 12.9. The molecular weight excluding hydrogens is 448 g/mol. The van der Waals surface area contributed by atoms with Crippen molar-refractivity contribution in [2.75, 3.05) is 18.5 Å². The molecule has 3 rings (SSSR count). The number of carbonyl (C=O) groups excluding carboxylic acids is 2. The van der Waals surface area contributed by atoms with Crippen LogP contribution in [0.4, 0.5) is 5.00 Å². The second kappa shape index (κ2) is 12.4. The lowest BCUT2D eigenvalue weighted by Crippen LogP contribution is -2.16. The lowest BCUT2D eigenvalue weighted by Gasteiger charge is -2.09. The number of amides is 1. The van der Waals surface area contributed by atoms with E-state index in [4.69, 9.17) is 9.47 Å². The molecule has 0 aliphatic heterocycles. The SMILES string of the molecule is CCCCOc1ccc(/C=C(/C#N)C(=O)Nc2scc(-c3ccccc3)c2C(=O)OCC)cc1. The van der Waals surface area contributed by atoms with Gasteiger partial charge in [0.25, 0.3) is 5.91 Å². The van der Waals surface area contributed by atoms with E-state index < -0.39 is 11.9 Å². The van der Waals surface area contributed by atoms with Gasteiger partial charge in [-0.1, -0.05) is 55.8 Å². The molecule has 0 spiro atoms. The van der Waals surface area contributed by atoms with Crippen LogP contribution in [0.25, 0.3) is 17.2 Å². The van der Waals surface area contributed by atoms with E-state index in [9.17, 15) is 14.9 Å². The molecule has 0 saturated heterocycles. The number of hydrogen-bond donors (Lipinski definition) is 1. The Balaban J connectivity index is 1.82. The van der Waals surface area contributed by atoms with Crippen molar-refractivity contribution in [1.82, 2.24) is 0 Å². The highest BCUT2D eigenvalue weighted by Crippen LogP contribution is 2.36. The molecule has 7 heteroatoms. The Hall–Kier alpha value is -3.89. The molecule has 2 aromatic carbocycles. The number of nitrogens with one attached hydrogen (secondary N) is 1. The molecule has 0 fully saturated rings. The fraction of sp³-hybridized carbons (Fsp3) is 0.222. The van der Waals surface area contributed by atoms with Crippen LogP contribution in [-0.2, 0) is 9.53 Å². The standard InChI is InChI=1S/C27H26N2O4S/c1-3-5-15-33-22-13-11-19(12-14-22)16-21(17-28)25(30)29-26-24(27(31)32-4-2)23(18-34-26)20-9-7-6-8-10-20/h6-14,16,18H,3-5,15H2,1-2H3,(H,29,30)/b21-16-. The predicted molar refractivity (Wildman–Crippen MR) is 135 cm³/mol. The first-order valence-corrected chi connectivity index (χ1v) is 11.9. The van der Waals surface area contributed by atoms with Crippen LogP contribution in [0.3, 0.4) is 0 Å². The smallest absolute Gasteiger partial charge is 0.341 e. The van der Waals surface area contributed by atoms with Gasteiger partial charge in [-0.2, -0.15) is 5.26 Å². The minimum absolute atomic E-state index is 0.0795. The molecule has 1 aromatic heterocycles. The van der Waals surface area contributed by atoms with Gasteiger partial charge in [0.1, 0.15) is 28.0 Å². The number of ether oxygens (including phenoxy) is 2. The molecule has 174 valence electrons. The summed E-state index contributed by atoms with van der Waals surface area (Å²) in [6, 6.07) is 18.5. The van der Waals surface area contributed by atoms with Gasteiger partial charge in [0.2, 0.25) is 0 Å². The molecule has 34 heavy (non-hydrogen) atoms. The number of esters is 1. The van der Waals surface area contributed by atoms with Gasteiger partial charge in [-0.25, -0.2) is 4.79 Å². The number of carbonyl (C=O) groups is 2. The summed E-state index contributed by atoms with van der Waals surface area (Å²) in [5.74, 6) is -0.392. The molecule has 6 nitrogen and oxygen atoms in total. The van der Waals surface area contributed by atoms with Gasteiger partial charge in [0.05, 0.1) is 13.2 Å². The third-order valence-electron chi connectivity index (χ3n) is 4.91. The lowest BCUT2D eigenvalue weighted by atomic mass is 10.0. The molecular formula is C27H26N2O4S. The summed E-state index contributed by atoms with van der Waals surface area (Å²) in [5, 5.41) is 14.4. The van der Waals surface area contributed by atoms with Crippen LogP contribution < -0.4 is 10.1 Å². The van der Waals surface area contributed by atoms with Crippen LogP contribution in [0.1, 0.15) is 42.6 Å². The number of nitrogens with zero attached hydrogens (tertiary/aromatic N) is 1. The van der Waals surface area contributed by atoms with Crippen molar-refractivity contribution in [3.63, 3.8) is 0 Å². The minimum Gasteiger partial charge on any atom is -0.494 e. The van der Waals surface area contributed by atoms with Crippen LogP contribution in [0.15, 0.2) is 65.6 Å². The molecule has 3 aromatic rings. The fourth-order valence-electron chi connectivity index (χ4n) is 3.17. The second-order valence-corrected chi connectivity index (χ2v) is 8.21. The molecule has 1 heterocycles. The third kappa shape index (κ3) is 6.33. The molecule has 1 N–H and O–H groups in total. The number of rotatable bonds is 10. The normalized spacial score (nSPS) is 10.9. The van der Waals surface area contributed by atoms with Crippen LogP contribution >= 0.6 is 11.3 Å². The van der Waals surface area contributed by atoms with Gasteiger partial charge in [0, 0.05) is 10.9 Å². The zero-order valence-electron chi connectivity index (χ0n) is 19.2. The van der Waals surface area contributed by atoms with E-state index in [0.29, 0.717) is 22.7 Å². The molecule has 0 atom stereocenters. The number of unbranched alkanes of at least 4 members (excludes halogenated alkanes) is 1. The summed E-state index contributed by atoms with van der Waals surface area (Å²) < 4.78 is 10.9. The summed E-state index contributed by atoms with van der Waals surface area (Å²) in [7, 11) is 0. The summed E-state index contributed by atoms with van der Waals surface area (Å²) in [4.78, 5) is 25.6. The van der Waals surface area contributed by atoms with Crippen molar-refractivity contribution < 1.29 is 19.1 Å². The Bertz CT molecular complexity index is 1190. The number of nitriles is 1. The first-order valence-electron chi connectivity index (χ1n) is 11.1. The topological polar surface area (TPSA) is 88.4 Å². The van der Waals surface area contributed by atoms with Crippen LogP contribution in [0, 0.1) is 11.3 Å². The van der Waals surface area contributed by atoms with E-state index in [1.807, 2.05) is 36.4 Å². The largest absolute Gasteiger partial charge is 0.494 e. The fourth-order valence-corrected chi connectivity index (χ4v) is 4.12. The Morgan fingerprint density at radius 3 is 2.47 bits per heavy atom. The number of thiophene rings is 1. The highest BCUT2D eigenvalue weighted by atomic mass is 32.1. The van der Waals surface area contributed by atoms with E-state index in [0.717, 1.165) is 24.2 Å². The highest BCUT2D eigenvalue weighted by molar-refractivity contribution is 7.15. The zero-order chi connectivity index (χ0) is 24.3. The second-order valence-electron chi connectivity index (χ2n) is 7.33. The van der Waals surface area contributed by atoms with Gasteiger partial charge >= 0.3 is 5.97 Å².